The molecule has 0 aliphatic carbocycles. The molecular weight excluding hydrogens is 286 g/mol. The number of carbonyl (C=O) groups is 1. The van der Waals surface area contributed by atoms with E-state index in [-0.39, 0.29) is 5.56 Å². The summed E-state index contributed by atoms with van der Waals surface area (Å²) < 4.78 is 2.55. The Labute approximate surface area is 107 Å². The van der Waals surface area contributed by atoms with E-state index in [2.05, 4.69) is 26.2 Å². The lowest BCUT2D eigenvalue weighted by Crippen LogP contribution is -2.12. The highest BCUT2D eigenvalue weighted by Gasteiger charge is 2.11. The van der Waals surface area contributed by atoms with Crippen LogP contribution in [0.3, 0.4) is 0 Å². The predicted molar refractivity (Wildman–Crippen MR) is 67.5 cm³/mol. The van der Waals surface area contributed by atoms with Crippen molar-refractivity contribution in [1.29, 1.82) is 0 Å². The van der Waals surface area contributed by atoms with Crippen LogP contribution in [0.25, 0.3) is 5.52 Å². The molecule has 0 spiro atoms. The fourth-order valence-electron chi connectivity index (χ4n) is 1.65. The minimum Gasteiger partial charge on any atom is -0.478 e. The number of aromatic carboxylic acids is 1. The highest BCUT2D eigenvalue weighted by Crippen LogP contribution is 2.20. The molecule has 17 heavy (non-hydrogen) atoms. The number of pyridine rings is 1. The third-order valence-electron chi connectivity index (χ3n) is 2.51. The van der Waals surface area contributed by atoms with Gasteiger partial charge in [-0.2, -0.15) is 0 Å². The first-order valence-electron chi connectivity index (χ1n) is 5.18. The molecule has 6 heteroatoms. The van der Waals surface area contributed by atoms with Crippen LogP contribution in [0, 0.1) is 0 Å². The van der Waals surface area contributed by atoms with Gasteiger partial charge < -0.3 is 14.8 Å². The minimum atomic E-state index is -0.934. The largest absolute Gasteiger partial charge is 0.478 e. The van der Waals surface area contributed by atoms with Crippen molar-refractivity contribution in [2.24, 2.45) is 0 Å². The van der Waals surface area contributed by atoms with Gasteiger partial charge in [0.2, 0.25) is 0 Å². The lowest BCUT2D eigenvalue weighted by Gasteiger charge is -2.02. The Balaban J connectivity index is 2.52. The molecule has 90 valence electrons. The van der Waals surface area contributed by atoms with Crippen LogP contribution in [0.4, 0.5) is 0 Å². The number of nitrogens with zero attached hydrogens (tertiary/aromatic N) is 2. The van der Waals surface area contributed by atoms with Gasteiger partial charge in [0.25, 0.3) is 0 Å². The first-order valence-corrected chi connectivity index (χ1v) is 5.97. The molecule has 5 nitrogen and oxygen atoms in total. The van der Waals surface area contributed by atoms with Crippen LogP contribution >= 0.6 is 15.9 Å². The van der Waals surface area contributed by atoms with Gasteiger partial charge in [-0.05, 0) is 35.1 Å². The predicted octanol–water partition coefficient (Wildman–Crippen LogP) is 1.56. The zero-order chi connectivity index (χ0) is 12.4. The third-order valence-corrected chi connectivity index (χ3v) is 3.09. The minimum absolute atomic E-state index is 0.258. The highest BCUT2D eigenvalue weighted by molar-refractivity contribution is 9.10. The van der Waals surface area contributed by atoms with E-state index in [0.717, 1.165) is 28.9 Å². The molecule has 0 atom stereocenters. The molecule has 2 N–H and O–H groups in total. The summed E-state index contributed by atoms with van der Waals surface area (Å²) in [5, 5.41) is 12.0. The normalized spacial score (nSPS) is 10.9. The second-order valence-corrected chi connectivity index (χ2v) is 4.40. The molecule has 2 aromatic rings. The van der Waals surface area contributed by atoms with Gasteiger partial charge >= 0.3 is 5.97 Å². The molecule has 0 aliphatic heterocycles. The number of nitrogens with one attached hydrogen (secondary N) is 1. The number of halogens is 1. The number of fused-ring (bicyclic) bond motifs is 1. The summed E-state index contributed by atoms with van der Waals surface area (Å²) in [6.45, 7) is 0.794. The molecule has 0 radical (unpaired) electrons. The van der Waals surface area contributed by atoms with E-state index in [9.17, 15) is 4.79 Å². The van der Waals surface area contributed by atoms with Crippen molar-refractivity contribution in [3.05, 3.63) is 34.3 Å². The number of likely N-dealkylation sites (N-methyl/N-ethyl adjacent to an activating group) is 1. The Bertz CT molecular complexity index is 565. The highest BCUT2D eigenvalue weighted by atomic mass is 79.9. The first kappa shape index (κ1) is 12.1. The summed E-state index contributed by atoms with van der Waals surface area (Å²) in [5.74, 6) is -0.0967. The maximum atomic E-state index is 10.9. The summed E-state index contributed by atoms with van der Waals surface area (Å²) >= 11 is 3.37. The maximum absolute atomic E-state index is 10.9. The Hall–Kier alpha value is -1.40. The van der Waals surface area contributed by atoms with Crippen LogP contribution in [-0.4, -0.2) is 34.1 Å². The van der Waals surface area contributed by atoms with Crippen molar-refractivity contribution in [3.63, 3.8) is 0 Å². The van der Waals surface area contributed by atoms with Crippen LogP contribution in [0.2, 0.25) is 0 Å². The van der Waals surface area contributed by atoms with E-state index in [4.69, 9.17) is 5.11 Å². The number of hydrogen-bond acceptors (Lipinski definition) is 3. The van der Waals surface area contributed by atoms with Crippen LogP contribution < -0.4 is 5.32 Å². The van der Waals surface area contributed by atoms with Crippen LogP contribution in [0.5, 0.6) is 0 Å². The smallest absolute Gasteiger partial charge is 0.337 e. The van der Waals surface area contributed by atoms with Crippen LogP contribution in [0.15, 0.2) is 22.9 Å². The van der Waals surface area contributed by atoms with Gasteiger partial charge in [0.05, 0.1) is 11.1 Å². The van der Waals surface area contributed by atoms with Gasteiger partial charge in [-0.3, -0.25) is 0 Å². The molecule has 0 fully saturated rings. The van der Waals surface area contributed by atoms with Gasteiger partial charge in [0.1, 0.15) is 10.4 Å². The SMILES string of the molecule is CNCCc1nc(Br)c2ccc(C(=O)O)cn12. The fourth-order valence-corrected chi connectivity index (χ4v) is 2.17. The molecule has 0 saturated heterocycles. The average Bonchev–Trinajstić information content (AvgIpc) is 2.63. The summed E-state index contributed by atoms with van der Waals surface area (Å²) in [4.78, 5) is 15.3. The lowest BCUT2D eigenvalue weighted by molar-refractivity contribution is 0.0696. The van der Waals surface area contributed by atoms with Crippen molar-refractivity contribution in [1.82, 2.24) is 14.7 Å². The standard InChI is InChI=1S/C11H12BrN3O2/c1-13-5-4-9-14-10(12)8-3-2-7(11(16)17)6-15(8)9/h2-3,6,13H,4-5H2,1H3,(H,16,17). The lowest BCUT2D eigenvalue weighted by atomic mass is 10.2. The molecular formula is C11H12BrN3O2. The quantitative estimate of drug-likeness (QED) is 0.899. The molecule has 0 aliphatic rings. The van der Waals surface area contributed by atoms with Crippen molar-refractivity contribution >= 4 is 27.4 Å². The van der Waals surface area contributed by atoms with E-state index < -0.39 is 5.97 Å². The van der Waals surface area contributed by atoms with Crippen molar-refractivity contribution < 1.29 is 9.90 Å². The Kier molecular flexibility index (Phi) is 3.44. The van der Waals surface area contributed by atoms with Gasteiger partial charge in [-0.25, -0.2) is 9.78 Å². The van der Waals surface area contributed by atoms with Crippen LogP contribution in [0.1, 0.15) is 16.2 Å². The summed E-state index contributed by atoms with van der Waals surface area (Å²) in [6, 6.07) is 3.33. The van der Waals surface area contributed by atoms with E-state index >= 15 is 0 Å². The van der Waals surface area contributed by atoms with Gasteiger partial charge in [0, 0.05) is 19.2 Å². The molecule has 0 bridgehead atoms. The zero-order valence-electron chi connectivity index (χ0n) is 9.27. The number of hydrogen-bond donors (Lipinski definition) is 2. The molecule has 2 heterocycles. The molecule has 0 unspecified atom stereocenters. The molecule has 0 saturated carbocycles. The summed E-state index contributed by atoms with van der Waals surface area (Å²) in [6.07, 6.45) is 2.34. The number of rotatable bonds is 4. The van der Waals surface area contributed by atoms with Gasteiger partial charge in [-0.1, -0.05) is 0 Å². The second kappa shape index (κ2) is 4.85. The van der Waals surface area contributed by atoms with Crippen molar-refractivity contribution in [2.45, 2.75) is 6.42 Å². The second-order valence-electron chi connectivity index (χ2n) is 3.65. The van der Waals surface area contributed by atoms with Crippen LogP contribution in [-0.2, 0) is 6.42 Å². The Morgan fingerprint density at radius 3 is 3.00 bits per heavy atom. The van der Waals surface area contributed by atoms with Gasteiger partial charge in [0.15, 0.2) is 0 Å². The van der Waals surface area contributed by atoms with E-state index in [0.29, 0.717) is 0 Å². The van der Waals surface area contributed by atoms with Crippen molar-refractivity contribution in [3.8, 4) is 0 Å². The topological polar surface area (TPSA) is 66.6 Å². The Morgan fingerprint density at radius 2 is 2.35 bits per heavy atom. The number of aromatic nitrogens is 2. The number of carboxylic acids is 1. The molecule has 2 rings (SSSR count). The van der Waals surface area contributed by atoms with E-state index in [1.54, 1.807) is 18.3 Å². The number of imidazole rings is 1. The first-order chi connectivity index (χ1) is 8.13. The fraction of sp³-hybridized carbons (Fsp3) is 0.273. The molecule has 2 aromatic heterocycles. The third kappa shape index (κ3) is 2.32. The molecule has 0 amide bonds. The van der Waals surface area contributed by atoms with Gasteiger partial charge in [-0.15, -0.1) is 0 Å². The maximum Gasteiger partial charge on any atom is 0.337 e. The zero-order valence-corrected chi connectivity index (χ0v) is 10.9. The number of carboxylic acid groups (broad SMARTS) is 1. The molecule has 0 aromatic carbocycles. The Morgan fingerprint density at radius 1 is 1.59 bits per heavy atom. The van der Waals surface area contributed by atoms with E-state index in [1.807, 2.05) is 11.4 Å². The summed E-state index contributed by atoms with van der Waals surface area (Å²) in [5.41, 5.74) is 1.13. The summed E-state index contributed by atoms with van der Waals surface area (Å²) in [7, 11) is 1.87. The average molecular weight is 298 g/mol. The van der Waals surface area contributed by atoms with E-state index in [1.165, 1.54) is 0 Å². The monoisotopic (exact) mass is 297 g/mol. The van der Waals surface area contributed by atoms with Crippen molar-refractivity contribution in [2.75, 3.05) is 13.6 Å².